The Morgan fingerprint density at radius 1 is 1.19 bits per heavy atom. The number of carbonyl (C=O) groups excluding carboxylic acids is 1. The van der Waals surface area contributed by atoms with Crippen molar-refractivity contribution >= 4 is 5.91 Å². The van der Waals surface area contributed by atoms with Crippen molar-refractivity contribution in [3.63, 3.8) is 0 Å². The number of hydrogen-bond acceptors (Lipinski definition) is 2. The highest BCUT2D eigenvalue weighted by Crippen LogP contribution is 2.50. The number of nitrogens with zero attached hydrogens (tertiary/aromatic N) is 3. The second kappa shape index (κ2) is 5.47. The van der Waals surface area contributed by atoms with Crippen molar-refractivity contribution in [3.8, 4) is 0 Å². The first kappa shape index (κ1) is 13.4. The third-order valence-electron chi connectivity index (χ3n) is 5.56. The fraction of sp³-hybridized carbons (Fsp3) is 0.765. The van der Waals surface area contributed by atoms with E-state index < -0.39 is 0 Å². The fourth-order valence-corrected chi connectivity index (χ4v) is 4.01. The average molecular weight is 287 g/mol. The van der Waals surface area contributed by atoms with Crippen LogP contribution in [0.15, 0.2) is 18.7 Å². The van der Waals surface area contributed by atoms with Crippen LogP contribution in [-0.4, -0.2) is 33.4 Å². The molecular weight excluding hydrogens is 262 g/mol. The summed E-state index contributed by atoms with van der Waals surface area (Å²) in [6.45, 7) is 1.82. The summed E-state index contributed by atoms with van der Waals surface area (Å²) < 4.78 is 2.17. The lowest BCUT2D eigenvalue weighted by molar-refractivity contribution is -0.134. The molecule has 3 fully saturated rings. The number of imidazole rings is 1. The van der Waals surface area contributed by atoms with Gasteiger partial charge in [0.05, 0.1) is 12.4 Å². The SMILES string of the molecule is O=C(CC(C1CC1)C1CC1)N1CCCC(n2ccnc2)C1. The molecule has 21 heavy (non-hydrogen) atoms. The predicted octanol–water partition coefficient (Wildman–Crippen LogP) is 2.87. The maximum absolute atomic E-state index is 12.7. The minimum Gasteiger partial charge on any atom is -0.341 e. The Kier molecular flexibility index (Phi) is 3.48. The number of amides is 1. The third-order valence-corrected chi connectivity index (χ3v) is 5.56. The number of carbonyl (C=O) groups is 1. The Morgan fingerprint density at radius 2 is 1.95 bits per heavy atom. The first-order chi connectivity index (χ1) is 10.3. The standard InChI is InChI=1S/C17H25N3O/c21-17(10-16(13-3-4-13)14-5-6-14)19-8-1-2-15(11-19)20-9-7-18-12-20/h7,9,12-16H,1-6,8,10-11H2. The van der Waals surface area contributed by atoms with Crippen molar-refractivity contribution in [1.29, 1.82) is 0 Å². The topological polar surface area (TPSA) is 38.1 Å². The molecule has 2 heterocycles. The van der Waals surface area contributed by atoms with E-state index in [1.165, 1.54) is 25.7 Å². The van der Waals surface area contributed by atoms with E-state index in [0.717, 1.165) is 44.2 Å². The summed E-state index contributed by atoms with van der Waals surface area (Å²) >= 11 is 0. The number of rotatable bonds is 5. The molecule has 1 aromatic heterocycles. The summed E-state index contributed by atoms with van der Waals surface area (Å²) in [4.78, 5) is 18.9. The van der Waals surface area contributed by atoms with Crippen molar-refractivity contribution in [2.75, 3.05) is 13.1 Å². The summed E-state index contributed by atoms with van der Waals surface area (Å²) in [5, 5.41) is 0. The minimum atomic E-state index is 0.406. The summed E-state index contributed by atoms with van der Waals surface area (Å²) in [6, 6.07) is 0.422. The summed E-state index contributed by atoms with van der Waals surface area (Å²) in [6.07, 6.45) is 14.3. The van der Waals surface area contributed by atoms with Crippen LogP contribution in [0, 0.1) is 17.8 Å². The molecule has 4 nitrogen and oxygen atoms in total. The number of hydrogen-bond donors (Lipinski definition) is 0. The van der Waals surface area contributed by atoms with Crippen molar-refractivity contribution in [2.45, 2.75) is 51.0 Å². The highest BCUT2D eigenvalue weighted by molar-refractivity contribution is 5.76. The quantitative estimate of drug-likeness (QED) is 0.835. The van der Waals surface area contributed by atoms with E-state index in [1.807, 2.05) is 18.7 Å². The molecule has 4 rings (SSSR count). The molecule has 0 N–H and O–H groups in total. The number of likely N-dealkylation sites (tertiary alicyclic amines) is 1. The van der Waals surface area contributed by atoms with Gasteiger partial charge in [0.25, 0.3) is 0 Å². The highest BCUT2D eigenvalue weighted by Gasteiger charge is 2.42. The van der Waals surface area contributed by atoms with E-state index in [-0.39, 0.29) is 0 Å². The zero-order valence-electron chi connectivity index (χ0n) is 12.7. The van der Waals surface area contributed by atoms with Crippen LogP contribution >= 0.6 is 0 Å². The second-order valence-electron chi connectivity index (χ2n) is 7.19. The van der Waals surface area contributed by atoms with Crippen LogP contribution in [0.3, 0.4) is 0 Å². The van der Waals surface area contributed by atoms with Gasteiger partial charge in [-0.25, -0.2) is 4.98 Å². The summed E-state index contributed by atoms with van der Waals surface area (Å²) in [5.74, 6) is 2.85. The molecule has 1 aromatic rings. The Bertz CT molecular complexity index is 478. The van der Waals surface area contributed by atoms with Gasteiger partial charge in [0.2, 0.25) is 5.91 Å². The molecule has 2 aliphatic carbocycles. The molecule has 3 aliphatic rings. The molecule has 1 aliphatic heterocycles. The normalized spacial score (nSPS) is 26.3. The monoisotopic (exact) mass is 287 g/mol. The molecule has 4 heteroatoms. The van der Waals surface area contributed by atoms with Gasteiger partial charge in [-0.1, -0.05) is 0 Å². The van der Waals surface area contributed by atoms with E-state index in [2.05, 4.69) is 14.5 Å². The lowest BCUT2D eigenvalue weighted by atomic mass is 9.93. The molecule has 0 bridgehead atoms. The van der Waals surface area contributed by atoms with Crippen LogP contribution in [0.2, 0.25) is 0 Å². The first-order valence-corrected chi connectivity index (χ1v) is 8.56. The fourth-order valence-electron chi connectivity index (χ4n) is 4.01. The predicted molar refractivity (Wildman–Crippen MR) is 80.6 cm³/mol. The molecule has 114 valence electrons. The Morgan fingerprint density at radius 3 is 2.57 bits per heavy atom. The van der Waals surface area contributed by atoms with Gasteiger partial charge in [0.1, 0.15) is 0 Å². The molecule has 0 radical (unpaired) electrons. The van der Waals surface area contributed by atoms with Crippen LogP contribution in [0.4, 0.5) is 0 Å². The molecule has 0 spiro atoms. The Labute approximate surface area is 126 Å². The van der Waals surface area contributed by atoms with Crippen LogP contribution in [0.5, 0.6) is 0 Å². The van der Waals surface area contributed by atoms with Crippen LogP contribution in [-0.2, 0) is 4.79 Å². The van der Waals surface area contributed by atoms with E-state index in [1.54, 1.807) is 0 Å². The number of aromatic nitrogens is 2. The van der Waals surface area contributed by atoms with Crippen molar-refractivity contribution < 1.29 is 4.79 Å². The van der Waals surface area contributed by atoms with Crippen LogP contribution in [0.25, 0.3) is 0 Å². The highest BCUT2D eigenvalue weighted by atomic mass is 16.2. The molecule has 1 atom stereocenters. The van der Waals surface area contributed by atoms with Gasteiger partial charge < -0.3 is 9.47 Å². The maximum Gasteiger partial charge on any atom is 0.222 e. The largest absolute Gasteiger partial charge is 0.341 e. The zero-order valence-corrected chi connectivity index (χ0v) is 12.7. The Balaban J connectivity index is 1.37. The van der Waals surface area contributed by atoms with Gasteiger partial charge in [-0.3, -0.25) is 4.79 Å². The van der Waals surface area contributed by atoms with Crippen molar-refractivity contribution in [1.82, 2.24) is 14.5 Å². The van der Waals surface area contributed by atoms with Gasteiger partial charge in [0, 0.05) is 31.9 Å². The van der Waals surface area contributed by atoms with Gasteiger partial charge in [-0.15, -0.1) is 0 Å². The van der Waals surface area contributed by atoms with Gasteiger partial charge in [-0.05, 0) is 56.3 Å². The van der Waals surface area contributed by atoms with E-state index >= 15 is 0 Å². The van der Waals surface area contributed by atoms with Crippen molar-refractivity contribution in [3.05, 3.63) is 18.7 Å². The summed E-state index contributed by atoms with van der Waals surface area (Å²) in [7, 11) is 0. The van der Waals surface area contributed by atoms with E-state index in [0.29, 0.717) is 17.9 Å². The second-order valence-corrected chi connectivity index (χ2v) is 7.19. The smallest absolute Gasteiger partial charge is 0.222 e. The minimum absolute atomic E-state index is 0.406. The molecular formula is C17H25N3O. The van der Waals surface area contributed by atoms with E-state index in [9.17, 15) is 4.79 Å². The van der Waals surface area contributed by atoms with Crippen LogP contribution in [0.1, 0.15) is 51.0 Å². The van der Waals surface area contributed by atoms with Gasteiger partial charge in [-0.2, -0.15) is 0 Å². The molecule has 1 saturated heterocycles. The van der Waals surface area contributed by atoms with Gasteiger partial charge >= 0.3 is 0 Å². The number of piperidine rings is 1. The van der Waals surface area contributed by atoms with Crippen LogP contribution < -0.4 is 0 Å². The zero-order chi connectivity index (χ0) is 14.2. The third kappa shape index (κ3) is 2.99. The molecule has 2 saturated carbocycles. The molecule has 1 unspecified atom stereocenters. The molecule has 1 amide bonds. The lowest BCUT2D eigenvalue weighted by Gasteiger charge is -2.34. The van der Waals surface area contributed by atoms with Gasteiger partial charge in [0.15, 0.2) is 0 Å². The van der Waals surface area contributed by atoms with Crippen molar-refractivity contribution in [2.24, 2.45) is 17.8 Å². The Hall–Kier alpha value is -1.32. The maximum atomic E-state index is 12.7. The average Bonchev–Trinajstić information content (AvgIpc) is 3.44. The summed E-state index contributed by atoms with van der Waals surface area (Å²) in [5.41, 5.74) is 0. The van der Waals surface area contributed by atoms with E-state index in [4.69, 9.17) is 0 Å². The molecule has 0 aromatic carbocycles. The first-order valence-electron chi connectivity index (χ1n) is 8.56. The lowest BCUT2D eigenvalue weighted by Crippen LogP contribution is -2.41.